The highest BCUT2D eigenvalue weighted by Gasteiger charge is 2.31. The van der Waals surface area contributed by atoms with E-state index >= 15 is 0 Å². The van der Waals surface area contributed by atoms with Crippen LogP contribution in [-0.4, -0.2) is 28.3 Å². The normalized spacial score (nSPS) is 31.1. The van der Waals surface area contributed by atoms with Gasteiger partial charge >= 0.3 is 0 Å². The molecule has 3 nitrogen and oxygen atoms in total. The van der Waals surface area contributed by atoms with Crippen molar-refractivity contribution in [2.24, 2.45) is 11.7 Å². The zero-order valence-corrected chi connectivity index (χ0v) is 11.3. The molecule has 1 aliphatic rings. The smallest absolute Gasteiger partial charge is 0.0851 e. The molecule has 1 saturated carbocycles. The summed E-state index contributed by atoms with van der Waals surface area (Å²) in [6.45, 7) is 6.14. The van der Waals surface area contributed by atoms with Gasteiger partial charge in [0.1, 0.15) is 0 Å². The molecular formula is C12H25ClN2O. The van der Waals surface area contributed by atoms with Crippen LogP contribution in [-0.2, 0) is 0 Å². The van der Waals surface area contributed by atoms with Gasteiger partial charge in [-0.1, -0.05) is 6.42 Å². The predicted molar refractivity (Wildman–Crippen MR) is 68.5 cm³/mol. The molecule has 4 atom stereocenters. The Bertz CT molecular complexity index is 218. The number of hydrogen-bond acceptors (Lipinski definition) is 3. The fourth-order valence-electron chi connectivity index (χ4n) is 2.35. The van der Waals surface area contributed by atoms with Gasteiger partial charge < -0.3 is 10.8 Å². The third-order valence-electron chi connectivity index (χ3n) is 3.10. The third kappa shape index (κ3) is 4.58. The van der Waals surface area contributed by atoms with E-state index in [4.69, 9.17) is 17.3 Å². The van der Waals surface area contributed by atoms with E-state index in [-0.39, 0.29) is 23.0 Å². The summed E-state index contributed by atoms with van der Waals surface area (Å²) in [7, 11) is 0. The van der Waals surface area contributed by atoms with E-state index in [0.29, 0.717) is 0 Å². The van der Waals surface area contributed by atoms with Gasteiger partial charge in [-0.05, 0) is 46.0 Å². The van der Waals surface area contributed by atoms with Crippen LogP contribution in [0.5, 0.6) is 0 Å². The standard InChI is InChI=1S/C12H25ClN2O/c1-12(2,3)15-11(14)10(16)8-5-4-6-9(13)7-8/h8-11,15-16H,4-7,14H2,1-3H3. The Morgan fingerprint density at radius 3 is 2.50 bits per heavy atom. The first-order valence-electron chi connectivity index (χ1n) is 6.15. The van der Waals surface area contributed by atoms with Crippen molar-refractivity contribution in [3.8, 4) is 0 Å². The van der Waals surface area contributed by atoms with Crippen molar-refractivity contribution >= 4 is 11.6 Å². The molecule has 0 amide bonds. The van der Waals surface area contributed by atoms with Crippen LogP contribution in [0.4, 0.5) is 0 Å². The first-order valence-corrected chi connectivity index (χ1v) is 6.58. The van der Waals surface area contributed by atoms with Crippen LogP contribution in [0.2, 0.25) is 0 Å². The van der Waals surface area contributed by atoms with Gasteiger partial charge in [-0.25, -0.2) is 0 Å². The predicted octanol–water partition coefficient (Wildman–Crippen LogP) is 1.82. The summed E-state index contributed by atoms with van der Waals surface area (Å²) in [4.78, 5) is 0. The number of nitrogens with one attached hydrogen (secondary N) is 1. The van der Waals surface area contributed by atoms with Crippen molar-refractivity contribution in [1.82, 2.24) is 5.32 Å². The lowest BCUT2D eigenvalue weighted by molar-refractivity contribution is 0.0442. The van der Waals surface area contributed by atoms with Gasteiger partial charge in [-0.15, -0.1) is 11.6 Å². The minimum absolute atomic E-state index is 0.0740. The second kappa shape index (κ2) is 5.67. The van der Waals surface area contributed by atoms with E-state index < -0.39 is 6.10 Å². The Hall–Kier alpha value is 0.170. The SMILES string of the molecule is CC(C)(C)NC(N)C(O)C1CCCC(Cl)C1. The van der Waals surface area contributed by atoms with Gasteiger partial charge in [0.25, 0.3) is 0 Å². The molecule has 0 aromatic rings. The monoisotopic (exact) mass is 248 g/mol. The number of halogens is 1. The van der Waals surface area contributed by atoms with Crippen LogP contribution in [0, 0.1) is 5.92 Å². The Labute approximate surface area is 104 Å². The zero-order valence-electron chi connectivity index (χ0n) is 10.5. The Morgan fingerprint density at radius 2 is 2.00 bits per heavy atom. The lowest BCUT2D eigenvalue weighted by Crippen LogP contribution is -2.56. The van der Waals surface area contributed by atoms with Gasteiger partial charge in [-0.2, -0.15) is 0 Å². The van der Waals surface area contributed by atoms with Gasteiger partial charge in [0.15, 0.2) is 0 Å². The maximum absolute atomic E-state index is 10.2. The summed E-state index contributed by atoms with van der Waals surface area (Å²) in [5.74, 6) is 0.237. The summed E-state index contributed by atoms with van der Waals surface area (Å²) >= 11 is 6.12. The number of alkyl halides is 1. The minimum atomic E-state index is -0.499. The topological polar surface area (TPSA) is 58.3 Å². The van der Waals surface area contributed by atoms with Crippen molar-refractivity contribution in [3.63, 3.8) is 0 Å². The molecule has 16 heavy (non-hydrogen) atoms. The Balaban J connectivity index is 2.46. The van der Waals surface area contributed by atoms with E-state index in [0.717, 1.165) is 25.7 Å². The number of aliphatic hydroxyl groups is 1. The molecule has 96 valence electrons. The second-order valence-electron chi connectivity index (χ2n) is 5.93. The first kappa shape index (κ1) is 14.2. The van der Waals surface area contributed by atoms with Crippen LogP contribution in [0.25, 0.3) is 0 Å². The highest BCUT2D eigenvalue weighted by atomic mass is 35.5. The highest BCUT2D eigenvalue weighted by Crippen LogP contribution is 2.30. The van der Waals surface area contributed by atoms with E-state index in [1.165, 1.54) is 0 Å². The molecule has 1 aliphatic carbocycles. The molecule has 0 aromatic heterocycles. The van der Waals surface area contributed by atoms with Gasteiger partial charge in [0, 0.05) is 10.9 Å². The summed E-state index contributed by atoms with van der Waals surface area (Å²) in [6.07, 6.45) is 3.20. The average Bonchev–Trinajstić information content (AvgIpc) is 2.14. The molecule has 0 aliphatic heterocycles. The molecule has 4 heteroatoms. The lowest BCUT2D eigenvalue weighted by Gasteiger charge is -2.35. The second-order valence-corrected chi connectivity index (χ2v) is 6.55. The molecule has 0 spiro atoms. The molecule has 4 N–H and O–H groups in total. The maximum Gasteiger partial charge on any atom is 0.0851 e. The van der Waals surface area contributed by atoms with Crippen LogP contribution in [0.15, 0.2) is 0 Å². The summed E-state index contributed by atoms with van der Waals surface area (Å²) < 4.78 is 0. The Morgan fingerprint density at radius 1 is 1.38 bits per heavy atom. The minimum Gasteiger partial charge on any atom is -0.390 e. The van der Waals surface area contributed by atoms with E-state index in [2.05, 4.69) is 5.32 Å². The fourth-order valence-corrected chi connectivity index (χ4v) is 2.74. The number of nitrogens with two attached hydrogens (primary N) is 1. The van der Waals surface area contributed by atoms with Gasteiger partial charge in [0.05, 0.1) is 12.3 Å². The van der Waals surface area contributed by atoms with E-state index in [9.17, 15) is 5.11 Å². The largest absolute Gasteiger partial charge is 0.390 e. The molecular weight excluding hydrogens is 224 g/mol. The van der Waals surface area contributed by atoms with Crippen molar-refractivity contribution < 1.29 is 5.11 Å². The van der Waals surface area contributed by atoms with Crippen molar-refractivity contribution in [2.75, 3.05) is 0 Å². The van der Waals surface area contributed by atoms with Crippen molar-refractivity contribution in [1.29, 1.82) is 0 Å². The molecule has 1 rings (SSSR count). The van der Waals surface area contributed by atoms with Crippen molar-refractivity contribution in [3.05, 3.63) is 0 Å². The fraction of sp³-hybridized carbons (Fsp3) is 1.00. The number of hydrogen-bond donors (Lipinski definition) is 3. The summed E-state index contributed by atoms with van der Waals surface area (Å²) in [5.41, 5.74) is 5.90. The van der Waals surface area contributed by atoms with Crippen molar-refractivity contribution in [2.45, 2.75) is 69.6 Å². The highest BCUT2D eigenvalue weighted by molar-refractivity contribution is 6.20. The quantitative estimate of drug-likeness (QED) is 0.528. The van der Waals surface area contributed by atoms with E-state index in [1.54, 1.807) is 0 Å². The zero-order chi connectivity index (χ0) is 12.3. The van der Waals surface area contributed by atoms with Crippen LogP contribution in [0.1, 0.15) is 46.5 Å². The Kier molecular flexibility index (Phi) is 5.05. The summed E-state index contributed by atoms with van der Waals surface area (Å²) in [6, 6.07) is 0. The van der Waals surface area contributed by atoms with Crippen LogP contribution < -0.4 is 11.1 Å². The first-order chi connectivity index (χ1) is 7.29. The van der Waals surface area contributed by atoms with Gasteiger partial charge in [0.2, 0.25) is 0 Å². The molecule has 0 radical (unpaired) electrons. The van der Waals surface area contributed by atoms with Gasteiger partial charge in [-0.3, -0.25) is 5.32 Å². The van der Waals surface area contributed by atoms with E-state index in [1.807, 2.05) is 20.8 Å². The van der Waals surface area contributed by atoms with Crippen LogP contribution >= 0.6 is 11.6 Å². The third-order valence-corrected chi connectivity index (χ3v) is 3.50. The molecule has 0 saturated heterocycles. The molecule has 1 fully saturated rings. The lowest BCUT2D eigenvalue weighted by atomic mass is 9.83. The average molecular weight is 249 g/mol. The molecule has 0 bridgehead atoms. The number of rotatable bonds is 3. The molecule has 0 heterocycles. The molecule has 0 aromatic carbocycles. The number of aliphatic hydroxyl groups excluding tert-OH is 1. The summed E-state index contributed by atoms with van der Waals surface area (Å²) in [5, 5.41) is 13.6. The van der Waals surface area contributed by atoms with Crippen LogP contribution in [0.3, 0.4) is 0 Å². The maximum atomic E-state index is 10.2. The molecule has 4 unspecified atom stereocenters.